The Balaban J connectivity index is 1.75. The van der Waals surface area contributed by atoms with E-state index in [2.05, 4.69) is 10.5 Å². The second kappa shape index (κ2) is 8.55. The van der Waals surface area contributed by atoms with Crippen LogP contribution in [0.4, 0.5) is 15.8 Å². The van der Waals surface area contributed by atoms with Crippen molar-refractivity contribution >= 4 is 37.3 Å². The first-order chi connectivity index (χ1) is 14.4. The van der Waals surface area contributed by atoms with Crippen molar-refractivity contribution in [1.82, 2.24) is 9.46 Å². The molecule has 2 heterocycles. The Hall–Kier alpha value is -2.51. The SMILES string of the molecule is Cc1noc(C)c1S(=O)(=O)N1CCC[C@H](C(=O)Nc2ccc(F)c(NS(C)(=O)=O)c2)C1. The lowest BCUT2D eigenvalue weighted by atomic mass is 9.98. The standard InChI is InChI=1S/C18H23FN4O6S2/c1-11-17(12(2)29-21-11)31(27,28)23-8-4-5-13(10-23)18(24)20-14-6-7-15(19)16(9-14)22-30(3,25)26/h6-7,9,13,22H,4-5,8,10H2,1-3H3,(H,20,24)/t13-/m0/s1. The summed E-state index contributed by atoms with van der Waals surface area (Å²) in [6, 6.07) is 3.48. The van der Waals surface area contributed by atoms with Gasteiger partial charge in [0.25, 0.3) is 0 Å². The number of hydrogen-bond donors (Lipinski definition) is 2. The van der Waals surface area contributed by atoms with E-state index in [0.29, 0.717) is 12.8 Å². The largest absolute Gasteiger partial charge is 0.360 e. The fourth-order valence-electron chi connectivity index (χ4n) is 3.47. The minimum absolute atomic E-state index is 0.00332. The lowest BCUT2D eigenvalue weighted by molar-refractivity contribution is -0.120. The van der Waals surface area contributed by atoms with Crippen LogP contribution in [0.5, 0.6) is 0 Å². The van der Waals surface area contributed by atoms with E-state index in [0.717, 1.165) is 18.4 Å². The molecule has 1 aliphatic heterocycles. The molecule has 2 aromatic rings. The average Bonchev–Trinajstić information content (AvgIpc) is 3.02. The average molecular weight is 475 g/mol. The Labute approximate surface area is 179 Å². The number of carbonyl (C=O) groups excluding carboxylic acids is 1. The number of aromatic nitrogens is 1. The molecule has 10 nitrogen and oxygen atoms in total. The zero-order valence-corrected chi connectivity index (χ0v) is 18.8. The zero-order chi connectivity index (χ0) is 23.0. The molecule has 0 saturated carbocycles. The van der Waals surface area contributed by atoms with Gasteiger partial charge >= 0.3 is 0 Å². The molecule has 2 N–H and O–H groups in total. The van der Waals surface area contributed by atoms with Gasteiger partial charge in [-0.05, 0) is 44.9 Å². The Morgan fingerprint density at radius 2 is 1.97 bits per heavy atom. The third-order valence-corrected chi connectivity index (χ3v) is 7.55. The second-order valence-electron chi connectivity index (χ2n) is 7.41. The fraction of sp³-hybridized carbons (Fsp3) is 0.444. The zero-order valence-electron chi connectivity index (χ0n) is 17.2. The Morgan fingerprint density at radius 1 is 1.26 bits per heavy atom. The molecule has 0 bridgehead atoms. The summed E-state index contributed by atoms with van der Waals surface area (Å²) in [6.07, 6.45) is 1.83. The summed E-state index contributed by atoms with van der Waals surface area (Å²) < 4.78 is 70.9. The molecular weight excluding hydrogens is 451 g/mol. The van der Waals surface area contributed by atoms with Crippen molar-refractivity contribution in [3.05, 3.63) is 35.5 Å². The highest BCUT2D eigenvalue weighted by Crippen LogP contribution is 2.28. The molecule has 1 aliphatic rings. The van der Waals surface area contributed by atoms with Gasteiger partial charge < -0.3 is 9.84 Å². The highest BCUT2D eigenvalue weighted by atomic mass is 32.2. The highest BCUT2D eigenvalue weighted by molar-refractivity contribution is 7.92. The first kappa shape index (κ1) is 23.2. The molecule has 170 valence electrons. The van der Waals surface area contributed by atoms with E-state index < -0.39 is 37.7 Å². The van der Waals surface area contributed by atoms with Crippen LogP contribution < -0.4 is 10.0 Å². The number of nitrogens with zero attached hydrogens (tertiary/aromatic N) is 2. The second-order valence-corrected chi connectivity index (χ2v) is 11.0. The first-order valence-corrected chi connectivity index (χ1v) is 12.7. The van der Waals surface area contributed by atoms with Gasteiger partial charge in [0.05, 0.1) is 17.9 Å². The third kappa shape index (κ3) is 5.22. The van der Waals surface area contributed by atoms with Crippen molar-refractivity contribution in [2.45, 2.75) is 31.6 Å². The van der Waals surface area contributed by atoms with E-state index >= 15 is 0 Å². The number of hydrogen-bond acceptors (Lipinski definition) is 7. The topological polar surface area (TPSA) is 139 Å². The number of halogens is 1. The Kier molecular flexibility index (Phi) is 6.39. The van der Waals surface area contributed by atoms with Crippen molar-refractivity contribution < 1.29 is 30.5 Å². The molecule has 0 aliphatic carbocycles. The molecule has 1 aromatic carbocycles. The molecule has 1 aromatic heterocycles. The number of anilines is 2. The van der Waals surface area contributed by atoms with Crippen LogP contribution in [0.25, 0.3) is 0 Å². The van der Waals surface area contributed by atoms with Crippen LogP contribution in [-0.2, 0) is 24.8 Å². The number of benzene rings is 1. The molecule has 3 rings (SSSR count). The lowest BCUT2D eigenvalue weighted by Gasteiger charge is -2.31. The maximum atomic E-state index is 13.8. The van der Waals surface area contributed by atoms with E-state index in [1.165, 1.54) is 24.2 Å². The number of nitrogens with one attached hydrogen (secondary N) is 2. The van der Waals surface area contributed by atoms with Crippen molar-refractivity contribution in [2.24, 2.45) is 5.92 Å². The molecule has 0 unspecified atom stereocenters. The molecule has 0 spiro atoms. The molecule has 0 radical (unpaired) electrons. The molecule has 1 fully saturated rings. The van der Waals surface area contributed by atoms with Crippen LogP contribution in [0, 0.1) is 25.6 Å². The highest BCUT2D eigenvalue weighted by Gasteiger charge is 2.36. The number of piperidine rings is 1. The van der Waals surface area contributed by atoms with Crippen LogP contribution in [0.1, 0.15) is 24.3 Å². The van der Waals surface area contributed by atoms with Crippen LogP contribution in [0.15, 0.2) is 27.6 Å². The summed E-state index contributed by atoms with van der Waals surface area (Å²) in [7, 11) is -7.59. The van der Waals surface area contributed by atoms with E-state index in [9.17, 15) is 26.0 Å². The predicted molar refractivity (Wildman–Crippen MR) is 111 cm³/mol. The van der Waals surface area contributed by atoms with E-state index in [1.807, 2.05) is 4.72 Å². The summed E-state index contributed by atoms with van der Waals surface area (Å²) in [4.78, 5) is 12.7. The number of rotatable bonds is 6. The summed E-state index contributed by atoms with van der Waals surface area (Å²) in [6.45, 7) is 3.27. The van der Waals surface area contributed by atoms with Gasteiger partial charge in [-0.1, -0.05) is 5.16 Å². The minimum Gasteiger partial charge on any atom is -0.360 e. The maximum absolute atomic E-state index is 13.8. The third-order valence-electron chi connectivity index (χ3n) is 4.85. The van der Waals surface area contributed by atoms with Gasteiger partial charge in [-0.15, -0.1) is 0 Å². The molecule has 1 atom stereocenters. The number of carbonyl (C=O) groups is 1. The molecule has 13 heteroatoms. The minimum atomic E-state index is -3.88. The van der Waals surface area contributed by atoms with Gasteiger partial charge in [0, 0.05) is 18.8 Å². The molecule has 1 amide bonds. The number of amides is 1. The van der Waals surface area contributed by atoms with Gasteiger partial charge in [-0.25, -0.2) is 21.2 Å². The van der Waals surface area contributed by atoms with Gasteiger partial charge in [0.1, 0.15) is 16.4 Å². The Bertz CT molecular complexity index is 1190. The fourth-order valence-corrected chi connectivity index (χ4v) is 5.84. The normalized spacial score (nSPS) is 18.0. The number of sulfonamides is 2. The van der Waals surface area contributed by atoms with Crippen LogP contribution in [0.2, 0.25) is 0 Å². The Morgan fingerprint density at radius 3 is 2.58 bits per heavy atom. The molecule has 1 saturated heterocycles. The maximum Gasteiger partial charge on any atom is 0.248 e. The van der Waals surface area contributed by atoms with Gasteiger partial charge in [-0.2, -0.15) is 4.31 Å². The van der Waals surface area contributed by atoms with E-state index in [1.54, 1.807) is 0 Å². The van der Waals surface area contributed by atoms with Crippen molar-refractivity contribution in [1.29, 1.82) is 0 Å². The lowest BCUT2D eigenvalue weighted by Crippen LogP contribution is -2.43. The molecular formula is C18H23FN4O6S2. The summed E-state index contributed by atoms with van der Waals surface area (Å²) in [5, 5.41) is 6.29. The van der Waals surface area contributed by atoms with Gasteiger partial charge in [0.2, 0.25) is 26.0 Å². The summed E-state index contributed by atoms with van der Waals surface area (Å²) in [5.74, 6) is -1.70. The van der Waals surface area contributed by atoms with E-state index in [4.69, 9.17) is 4.52 Å². The number of aryl methyl sites for hydroxylation is 2. The summed E-state index contributed by atoms with van der Waals surface area (Å²) >= 11 is 0. The predicted octanol–water partition coefficient (Wildman–Crippen LogP) is 1.84. The van der Waals surface area contributed by atoms with Gasteiger partial charge in [0.15, 0.2) is 5.76 Å². The first-order valence-electron chi connectivity index (χ1n) is 9.39. The van der Waals surface area contributed by atoms with Crippen LogP contribution in [0.3, 0.4) is 0 Å². The van der Waals surface area contributed by atoms with Crippen molar-refractivity contribution in [3.63, 3.8) is 0 Å². The van der Waals surface area contributed by atoms with Crippen molar-refractivity contribution in [2.75, 3.05) is 29.4 Å². The summed E-state index contributed by atoms with van der Waals surface area (Å²) in [5.41, 5.74) is 0.135. The smallest absolute Gasteiger partial charge is 0.248 e. The van der Waals surface area contributed by atoms with Crippen molar-refractivity contribution in [3.8, 4) is 0 Å². The van der Waals surface area contributed by atoms with E-state index in [-0.39, 0.29) is 40.8 Å². The van der Waals surface area contributed by atoms with Crippen LogP contribution in [-0.4, -0.2) is 51.5 Å². The van der Waals surface area contributed by atoms with Gasteiger partial charge in [-0.3, -0.25) is 9.52 Å². The quantitative estimate of drug-likeness (QED) is 0.651. The monoisotopic (exact) mass is 474 g/mol. The van der Waals surface area contributed by atoms with Crippen LogP contribution >= 0.6 is 0 Å². The molecule has 31 heavy (non-hydrogen) atoms.